The fourth-order valence-electron chi connectivity index (χ4n) is 0.663. The molecule has 0 atom stereocenters. The molecule has 4 nitrogen and oxygen atoms in total. The Hall–Kier alpha value is -1.19. The largest absolute Gasteiger partial charge is 0.480 e. The summed E-state index contributed by atoms with van der Waals surface area (Å²) >= 11 is 0. The van der Waals surface area contributed by atoms with Gasteiger partial charge in [-0.3, -0.25) is 4.79 Å². The first-order chi connectivity index (χ1) is 4.29. The van der Waals surface area contributed by atoms with E-state index in [0.717, 1.165) is 0 Å². The maximum atomic E-state index is 10.1. The molecule has 0 aromatic carbocycles. The molecular formula is C5H8N2O2. The van der Waals surface area contributed by atoms with Gasteiger partial charge in [0.1, 0.15) is 6.54 Å². The molecule has 0 aromatic heterocycles. The summed E-state index contributed by atoms with van der Waals surface area (Å²) in [5.41, 5.74) is 0. The maximum Gasteiger partial charge on any atom is 0.323 e. The molecule has 0 unspecified atom stereocenters. The summed E-state index contributed by atoms with van der Waals surface area (Å²) < 4.78 is 0. The summed E-state index contributed by atoms with van der Waals surface area (Å²) in [7, 11) is 0. The third-order valence-corrected chi connectivity index (χ3v) is 1.04. The predicted octanol–water partition coefficient (Wildman–Crippen LogP) is -0.595. The van der Waals surface area contributed by atoms with Crippen molar-refractivity contribution in [3.63, 3.8) is 0 Å². The van der Waals surface area contributed by atoms with Crippen molar-refractivity contribution in [3.05, 3.63) is 12.4 Å². The van der Waals surface area contributed by atoms with Crippen LogP contribution in [0.2, 0.25) is 0 Å². The summed E-state index contributed by atoms with van der Waals surface area (Å²) in [4.78, 5) is 11.7. The van der Waals surface area contributed by atoms with Crippen molar-refractivity contribution in [2.75, 3.05) is 13.2 Å². The lowest BCUT2D eigenvalue weighted by atomic mass is 10.6. The molecule has 0 fully saturated rings. The number of nitrogens with zero attached hydrogens (tertiary/aromatic N) is 1. The number of nitrogens with one attached hydrogen (secondary N) is 1. The van der Waals surface area contributed by atoms with E-state index in [1.54, 1.807) is 17.3 Å². The zero-order chi connectivity index (χ0) is 6.69. The van der Waals surface area contributed by atoms with Crippen molar-refractivity contribution in [1.82, 2.24) is 10.2 Å². The van der Waals surface area contributed by atoms with E-state index < -0.39 is 5.97 Å². The van der Waals surface area contributed by atoms with Crippen LogP contribution in [0, 0.1) is 0 Å². The second kappa shape index (κ2) is 2.39. The average molecular weight is 128 g/mol. The van der Waals surface area contributed by atoms with Gasteiger partial charge in [0.05, 0.1) is 6.67 Å². The summed E-state index contributed by atoms with van der Waals surface area (Å²) in [6, 6.07) is 0. The minimum atomic E-state index is -0.802. The molecule has 50 valence electrons. The zero-order valence-corrected chi connectivity index (χ0v) is 4.87. The van der Waals surface area contributed by atoms with E-state index in [4.69, 9.17) is 5.11 Å². The van der Waals surface area contributed by atoms with Crippen LogP contribution >= 0.6 is 0 Å². The molecule has 0 bridgehead atoms. The third-order valence-electron chi connectivity index (χ3n) is 1.04. The smallest absolute Gasteiger partial charge is 0.323 e. The maximum absolute atomic E-state index is 10.1. The van der Waals surface area contributed by atoms with Crippen molar-refractivity contribution in [3.8, 4) is 0 Å². The van der Waals surface area contributed by atoms with Gasteiger partial charge in [-0.2, -0.15) is 0 Å². The van der Waals surface area contributed by atoms with Crippen LogP contribution in [0.15, 0.2) is 12.4 Å². The highest BCUT2D eigenvalue weighted by atomic mass is 16.4. The fraction of sp³-hybridized carbons (Fsp3) is 0.400. The normalized spacial score (nSPS) is 15.8. The van der Waals surface area contributed by atoms with Gasteiger partial charge in [-0.25, -0.2) is 0 Å². The Balaban J connectivity index is 2.28. The van der Waals surface area contributed by atoms with E-state index in [1.165, 1.54) is 0 Å². The Labute approximate surface area is 52.8 Å². The molecule has 2 N–H and O–H groups in total. The third kappa shape index (κ3) is 1.64. The Kier molecular flexibility index (Phi) is 1.58. The molecule has 0 spiro atoms. The minimum Gasteiger partial charge on any atom is -0.480 e. The van der Waals surface area contributed by atoms with Crippen LogP contribution in [0.1, 0.15) is 0 Å². The molecular weight excluding hydrogens is 120 g/mol. The van der Waals surface area contributed by atoms with Gasteiger partial charge in [-0.15, -0.1) is 0 Å². The summed E-state index contributed by atoms with van der Waals surface area (Å²) in [5, 5.41) is 11.1. The molecule has 1 aliphatic heterocycles. The molecule has 0 amide bonds. The molecule has 1 heterocycles. The Morgan fingerprint density at radius 3 is 3.11 bits per heavy atom. The van der Waals surface area contributed by atoms with Crippen molar-refractivity contribution < 1.29 is 9.90 Å². The van der Waals surface area contributed by atoms with Crippen LogP contribution in [-0.2, 0) is 4.79 Å². The molecule has 0 radical (unpaired) electrons. The molecule has 0 saturated carbocycles. The van der Waals surface area contributed by atoms with Gasteiger partial charge in [0.25, 0.3) is 0 Å². The second-order valence-electron chi connectivity index (χ2n) is 1.82. The molecule has 1 rings (SSSR count). The summed E-state index contributed by atoms with van der Waals surface area (Å²) in [5.74, 6) is -0.802. The Morgan fingerprint density at radius 2 is 2.67 bits per heavy atom. The SMILES string of the molecule is O=C(O)CN1C=CNC1. The van der Waals surface area contributed by atoms with Gasteiger partial charge in [0, 0.05) is 12.4 Å². The first-order valence-corrected chi connectivity index (χ1v) is 2.65. The second-order valence-corrected chi connectivity index (χ2v) is 1.82. The summed E-state index contributed by atoms with van der Waals surface area (Å²) in [6.07, 6.45) is 3.44. The molecule has 9 heavy (non-hydrogen) atoms. The van der Waals surface area contributed by atoms with E-state index in [0.29, 0.717) is 6.67 Å². The Morgan fingerprint density at radius 1 is 1.89 bits per heavy atom. The number of carbonyl (C=O) groups is 1. The minimum absolute atomic E-state index is 0.0729. The quantitative estimate of drug-likeness (QED) is 0.521. The van der Waals surface area contributed by atoms with Crippen molar-refractivity contribution in [2.45, 2.75) is 0 Å². The molecule has 0 saturated heterocycles. The average Bonchev–Trinajstić information content (AvgIpc) is 2.15. The van der Waals surface area contributed by atoms with Crippen LogP contribution in [0.25, 0.3) is 0 Å². The van der Waals surface area contributed by atoms with Crippen LogP contribution in [0.3, 0.4) is 0 Å². The van der Waals surface area contributed by atoms with Gasteiger partial charge in [0.2, 0.25) is 0 Å². The standard InChI is InChI=1S/C5H8N2O2/c8-5(9)3-7-2-1-6-4-7/h1-2,6H,3-4H2,(H,8,9). The first-order valence-electron chi connectivity index (χ1n) is 2.65. The lowest BCUT2D eigenvalue weighted by Crippen LogP contribution is -2.26. The van der Waals surface area contributed by atoms with Crippen molar-refractivity contribution in [1.29, 1.82) is 0 Å². The van der Waals surface area contributed by atoms with Crippen LogP contribution in [-0.4, -0.2) is 29.2 Å². The molecule has 4 heteroatoms. The van der Waals surface area contributed by atoms with Crippen LogP contribution in [0.4, 0.5) is 0 Å². The molecule has 0 aromatic rings. The van der Waals surface area contributed by atoms with E-state index >= 15 is 0 Å². The number of carboxylic acids is 1. The molecule has 1 aliphatic rings. The van der Waals surface area contributed by atoms with Gasteiger partial charge in [0.15, 0.2) is 0 Å². The zero-order valence-electron chi connectivity index (χ0n) is 4.87. The lowest BCUT2D eigenvalue weighted by molar-refractivity contribution is -0.137. The van der Waals surface area contributed by atoms with Gasteiger partial charge in [-0.1, -0.05) is 0 Å². The van der Waals surface area contributed by atoms with Gasteiger partial charge < -0.3 is 15.3 Å². The molecule has 0 aliphatic carbocycles. The Bertz CT molecular complexity index is 144. The topological polar surface area (TPSA) is 52.6 Å². The lowest BCUT2D eigenvalue weighted by Gasteiger charge is -2.09. The van der Waals surface area contributed by atoms with Gasteiger partial charge in [-0.05, 0) is 0 Å². The number of rotatable bonds is 2. The van der Waals surface area contributed by atoms with Gasteiger partial charge >= 0.3 is 5.97 Å². The van der Waals surface area contributed by atoms with E-state index in [9.17, 15) is 4.79 Å². The van der Waals surface area contributed by atoms with Crippen LogP contribution in [0.5, 0.6) is 0 Å². The summed E-state index contributed by atoms with van der Waals surface area (Å²) in [6.45, 7) is 0.676. The van der Waals surface area contributed by atoms with Crippen molar-refractivity contribution in [2.24, 2.45) is 0 Å². The number of hydrogen-bond acceptors (Lipinski definition) is 3. The van der Waals surface area contributed by atoms with E-state index in [1.807, 2.05) is 0 Å². The highest BCUT2D eigenvalue weighted by molar-refractivity contribution is 5.69. The predicted molar refractivity (Wildman–Crippen MR) is 31.5 cm³/mol. The van der Waals surface area contributed by atoms with Crippen LogP contribution < -0.4 is 5.32 Å². The van der Waals surface area contributed by atoms with E-state index in [-0.39, 0.29) is 6.54 Å². The number of hydrogen-bond donors (Lipinski definition) is 2. The monoisotopic (exact) mass is 128 g/mol. The highest BCUT2D eigenvalue weighted by Crippen LogP contribution is 1.91. The fourth-order valence-corrected chi connectivity index (χ4v) is 0.663. The van der Waals surface area contributed by atoms with E-state index in [2.05, 4.69) is 5.32 Å². The number of aliphatic carboxylic acids is 1. The first kappa shape index (κ1) is 5.94. The highest BCUT2D eigenvalue weighted by Gasteiger charge is 2.06. The van der Waals surface area contributed by atoms with Crippen molar-refractivity contribution >= 4 is 5.97 Å². The number of carboxylic acid groups (broad SMARTS) is 1.